The first-order chi connectivity index (χ1) is 15.6. The summed E-state index contributed by atoms with van der Waals surface area (Å²) in [7, 11) is -3.87. The Balaban J connectivity index is 1.23. The lowest BCUT2D eigenvalue weighted by Crippen LogP contribution is -2.45. The lowest BCUT2D eigenvalue weighted by molar-refractivity contribution is -0.137. The van der Waals surface area contributed by atoms with E-state index in [1.54, 1.807) is 18.2 Å². The lowest BCUT2D eigenvalue weighted by atomic mass is 9.97. The van der Waals surface area contributed by atoms with E-state index in [1.165, 1.54) is 0 Å². The molecular weight excluding hydrogens is 481 g/mol. The van der Waals surface area contributed by atoms with Crippen LogP contribution >= 0.6 is 11.6 Å². The summed E-state index contributed by atoms with van der Waals surface area (Å²) in [5.74, 6) is 1.45. The van der Waals surface area contributed by atoms with Crippen LogP contribution < -0.4 is 14.2 Å². The van der Waals surface area contributed by atoms with Crippen molar-refractivity contribution in [3.05, 3.63) is 53.1 Å². The van der Waals surface area contributed by atoms with E-state index in [2.05, 4.69) is 9.62 Å². The third-order valence-corrected chi connectivity index (χ3v) is 7.52. The van der Waals surface area contributed by atoms with Crippen molar-refractivity contribution in [2.75, 3.05) is 32.8 Å². The molecule has 0 amide bonds. The van der Waals surface area contributed by atoms with Gasteiger partial charge in [-0.2, -0.15) is 13.2 Å². The third-order valence-electron chi connectivity index (χ3n) is 5.85. The van der Waals surface area contributed by atoms with Crippen LogP contribution in [0.5, 0.6) is 11.5 Å². The number of nitrogens with zero attached hydrogens (tertiary/aromatic N) is 1. The van der Waals surface area contributed by atoms with E-state index in [1.807, 2.05) is 0 Å². The van der Waals surface area contributed by atoms with Crippen molar-refractivity contribution in [1.82, 2.24) is 9.62 Å². The van der Waals surface area contributed by atoms with Crippen LogP contribution in [0.25, 0.3) is 0 Å². The highest BCUT2D eigenvalue weighted by atomic mass is 35.5. The fourth-order valence-corrected chi connectivity index (χ4v) is 5.25. The zero-order chi connectivity index (χ0) is 23.6. The second-order valence-corrected chi connectivity index (χ2v) is 10.5. The number of alkyl halides is 3. The molecule has 4 rings (SSSR count). The second kappa shape index (κ2) is 9.69. The zero-order valence-electron chi connectivity index (χ0n) is 17.6. The summed E-state index contributed by atoms with van der Waals surface area (Å²) in [6, 6.07) is 8.77. The van der Waals surface area contributed by atoms with Crippen LogP contribution in [0.2, 0.25) is 5.02 Å². The van der Waals surface area contributed by atoms with Gasteiger partial charge in [0, 0.05) is 24.2 Å². The van der Waals surface area contributed by atoms with E-state index >= 15 is 0 Å². The van der Waals surface area contributed by atoms with E-state index in [4.69, 9.17) is 21.1 Å². The van der Waals surface area contributed by atoms with Crippen LogP contribution in [-0.4, -0.2) is 52.2 Å². The van der Waals surface area contributed by atoms with Gasteiger partial charge in [-0.15, -0.1) is 0 Å². The maximum Gasteiger partial charge on any atom is 0.416 e. The lowest BCUT2D eigenvalue weighted by Gasteiger charge is -2.35. The second-order valence-electron chi connectivity index (χ2n) is 8.26. The maximum atomic E-state index is 12.7. The van der Waals surface area contributed by atoms with Gasteiger partial charge in [0.05, 0.1) is 10.5 Å². The van der Waals surface area contributed by atoms with Crippen LogP contribution in [0, 0.1) is 5.92 Å². The molecule has 0 radical (unpaired) electrons. The summed E-state index contributed by atoms with van der Waals surface area (Å²) in [4.78, 5) is 2.08. The topological polar surface area (TPSA) is 67.9 Å². The van der Waals surface area contributed by atoms with Crippen LogP contribution in [0.1, 0.15) is 18.4 Å². The highest BCUT2D eigenvalue weighted by molar-refractivity contribution is 7.89. The van der Waals surface area contributed by atoms with Crippen LogP contribution in [0.4, 0.5) is 13.2 Å². The van der Waals surface area contributed by atoms with Crippen LogP contribution in [0.15, 0.2) is 47.4 Å². The van der Waals surface area contributed by atoms with Crippen molar-refractivity contribution < 1.29 is 31.1 Å². The highest BCUT2D eigenvalue weighted by Gasteiger charge is 2.31. The molecule has 0 bridgehead atoms. The van der Waals surface area contributed by atoms with Gasteiger partial charge < -0.3 is 9.47 Å². The molecule has 33 heavy (non-hydrogen) atoms. The Bertz CT molecular complexity index is 1070. The summed E-state index contributed by atoms with van der Waals surface area (Å²) < 4.78 is 77.2. The number of rotatable bonds is 6. The first-order valence-corrected chi connectivity index (χ1v) is 12.4. The number of sulfonamides is 1. The van der Waals surface area contributed by atoms with Gasteiger partial charge in [0.1, 0.15) is 12.7 Å². The Morgan fingerprint density at radius 1 is 1.06 bits per heavy atom. The Kier molecular flexibility index (Phi) is 7.09. The van der Waals surface area contributed by atoms with E-state index in [0.29, 0.717) is 29.7 Å². The van der Waals surface area contributed by atoms with E-state index in [-0.39, 0.29) is 23.5 Å². The molecule has 2 aliphatic heterocycles. The molecule has 2 aromatic rings. The SMILES string of the molecule is O=S(=O)(NCC1CCN(C[C@H]2COc3ccc(Cl)cc3O2)CC1)c1ccc(C(F)(F)F)cc1. The molecule has 0 saturated carbocycles. The Hall–Kier alpha value is -2.01. The van der Waals surface area contributed by atoms with Crippen molar-refractivity contribution in [2.45, 2.75) is 30.0 Å². The Labute approximate surface area is 195 Å². The molecule has 1 fully saturated rings. The van der Waals surface area contributed by atoms with Gasteiger partial charge in [-0.25, -0.2) is 13.1 Å². The minimum atomic E-state index is -4.51. The largest absolute Gasteiger partial charge is 0.486 e. The fourth-order valence-electron chi connectivity index (χ4n) is 3.97. The molecule has 11 heteroatoms. The summed E-state index contributed by atoms with van der Waals surface area (Å²) in [5.41, 5.74) is -0.882. The molecule has 1 N–H and O–H groups in total. The molecule has 2 aliphatic rings. The zero-order valence-corrected chi connectivity index (χ0v) is 19.2. The third kappa shape index (κ3) is 6.11. The standard InChI is InChI=1S/C22H24ClF3N2O4S/c23-17-3-6-20-21(11-17)32-18(14-31-20)13-28-9-7-15(8-10-28)12-27-33(29,30)19-4-1-16(2-5-19)22(24,25)26/h1-6,11,15,18,27H,7-10,12-14H2/t18-/m0/s1. The van der Waals surface area contributed by atoms with Gasteiger partial charge in [0.25, 0.3) is 0 Å². The summed E-state index contributed by atoms with van der Waals surface area (Å²) in [6.45, 7) is 2.95. The summed E-state index contributed by atoms with van der Waals surface area (Å²) in [5, 5.41) is 0.581. The van der Waals surface area contributed by atoms with Gasteiger partial charge in [-0.05, 0) is 68.2 Å². The van der Waals surface area contributed by atoms with Crippen molar-refractivity contribution in [1.29, 1.82) is 0 Å². The summed E-state index contributed by atoms with van der Waals surface area (Å²) in [6.07, 6.45) is -3.03. The Morgan fingerprint density at radius 2 is 1.76 bits per heavy atom. The van der Waals surface area contributed by atoms with Gasteiger partial charge in [-0.3, -0.25) is 4.90 Å². The first-order valence-electron chi connectivity index (χ1n) is 10.6. The van der Waals surface area contributed by atoms with E-state index in [0.717, 1.165) is 50.2 Å². The monoisotopic (exact) mass is 504 g/mol. The van der Waals surface area contributed by atoms with Gasteiger partial charge in [-0.1, -0.05) is 11.6 Å². The number of benzene rings is 2. The molecule has 0 spiro atoms. The average molecular weight is 505 g/mol. The Morgan fingerprint density at radius 3 is 2.42 bits per heavy atom. The van der Waals surface area contributed by atoms with E-state index < -0.39 is 21.8 Å². The van der Waals surface area contributed by atoms with Crippen LogP contribution in [-0.2, 0) is 16.2 Å². The minimum absolute atomic E-state index is 0.120. The molecule has 2 heterocycles. The van der Waals surface area contributed by atoms with Crippen molar-refractivity contribution >= 4 is 21.6 Å². The number of ether oxygens (including phenoxy) is 2. The first kappa shape index (κ1) is 24.1. The molecule has 0 unspecified atom stereocenters. The molecule has 0 aliphatic carbocycles. The van der Waals surface area contributed by atoms with Crippen molar-refractivity contribution in [3.8, 4) is 11.5 Å². The fraction of sp³-hybridized carbons (Fsp3) is 0.455. The number of piperidine rings is 1. The number of likely N-dealkylation sites (tertiary alicyclic amines) is 1. The number of halogens is 4. The van der Waals surface area contributed by atoms with Gasteiger partial charge in [0.2, 0.25) is 10.0 Å². The molecule has 6 nitrogen and oxygen atoms in total. The van der Waals surface area contributed by atoms with Gasteiger partial charge >= 0.3 is 6.18 Å². The molecule has 1 saturated heterocycles. The number of fused-ring (bicyclic) bond motifs is 1. The molecule has 1 atom stereocenters. The number of hydrogen-bond acceptors (Lipinski definition) is 5. The normalized spacial score (nSPS) is 20.1. The maximum absolute atomic E-state index is 12.7. The van der Waals surface area contributed by atoms with Crippen LogP contribution in [0.3, 0.4) is 0 Å². The smallest absolute Gasteiger partial charge is 0.416 e. The van der Waals surface area contributed by atoms with Crippen molar-refractivity contribution in [3.63, 3.8) is 0 Å². The predicted molar refractivity (Wildman–Crippen MR) is 117 cm³/mol. The average Bonchev–Trinajstić information content (AvgIpc) is 2.78. The quantitative estimate of drug-likeness (QED) is 0.639. The summed E-state index contributed by atoms with van der Waals surface area (Å²) >= 11 is 6.02. The number of nitrogens with one attached hydrogen (secondary N) is 1. The predicted octanol–water partition coefficient (Wildman–Crippen LogP) is 4.19. The molecule has 0 aromatic heterocycles. The molecule has 2 aromatic carbocycles. The van der Waals surface area contributed by atoms with Gasteiger partial charge in [0.15, 0.2) is 11.5 Å². The highest BCUT2D eigenvalue weighted by Crippen LogP contribution is 2.34. The van der Waals surface area contributed by atoms with Crippen molar-refractivity contribution in [2.24, 2.45) is 5.92 Å². The molecule has 180 valence electrons. The molecular formula is C22H24ClF3N2O4S. The minimum Gasteiger partial charge on any atom is -0.486 e. The number of hydrogen-bond donors (Lipinski definition) is 1. The van der Waals surface area contributed by atoms with E-state index in [9.17, 15) is 21.6 Å².